The number of fused-ring (bicyclic) bond motifs is 2. The molecule has 3 aromatic rings. The van der Waals surface area contributed by atoms with Gasteiger partial charge in [-0.05, 0) is 88.8 Å². The van der Waals surface area contributed by atoms with Crippen molar-refractivity contribution in [2.75, 3.05) is 13.1 Å². The molecule has 2 aliphatic rings. The van der Waals surface area contributed by atoms with Gasteiger partial charge in [0.1, 0.15) is 6.04 Å². The first-order valence-electron chi connectivity index (χ1n) is 12.9. The molecule has 1 saturated heterocycles. The Balaban J connectivity index is 1.42. The number of hydrogen-bond acceptors (Lipinski definition) is 4. The molecule has 0 radical (unpaired) electrons. The van der Waals surface area contributed by atoms with Gasteiger partial charge < -0.3 is 14.8 Å². The number of aromatic nitrogens is 3. The second-order valence-corrected chi connectivity index (χ2v) is 12.3. The lowest BCUT2D eigenvalue weighted by Gasteiger charge is -2.41. The van der Waals surface area contributed by atoms with Crippen molar-refractivity contribution in [2.45, 2.75) is 57.5 Å². The molecule has 7 nitrogen and oxygen atoms in total. The van der Waals surface area contributed by atoms with Gasteiger partial charge in [-0.25, -0.2) is 4.98 Å². The molecule has 0 spiro atoms. The third-order valence-corrected chi connectivity index (χ3v) is 9.00. The van der Waals surface area contributed by atoms with Gasteiger partial charge in [-0.3, -0.25) is 14.6 Å². The molecule has 2 aromatic heterocycles. The van der Waals surface area contributed by atoms with Crippen LogP contribution in [0.4, 0.5) is 0 Å². The van der Waals surface area contributed by atoms with E-state index in [1.807, 2.05) is 23.0 Å². The van der Waals surface area contributed by atoms with Crippen molar-refractivity contribution in [3.63, 3.8) is 0 Å². The van der Waals surface area contributed by atoms with E-state index in [1.54, 1.807) is 24.3 Å². The number of aryl methyl sites for hydroxylation is 3. The van der Waals surface area contributed by atoms with Crippen LogP contribution >= 0.6 is 43.5 Å². The fraction of sp³-hybridized carbons (Fsp3) is 0.429. The Morgan fingerprint density at radius 2 is 2.00 bits per heavy atom. The van der Waals surface area contributed by atoms with E-state index in [1.165, 1.54) is 16.7 Å². The first kappa shape index (κ1) is 27.3. The molecule has 3 atom stereocenters. The number of likely N-dealkylation sites (tertiary alicyclic amines) is 1. The summed E-state index contributed by atoms with van der Waals surface area (Å²) in [5, 5.41) is 3.79. The summed E-state index contributed by atoms with van der Waals surface area (Å²) in [6.07, 6.45) is 11.2. The number of rotatable bonds is 6. The Morgan fingerprint density at radius 3 is 2.76 bits per heavy atom. The number of imidazole rings is 1. The zero-order valence-electron chi connectivity index (χ0n) is 21.2. The van der Waals surface area contributed by atoms with E-state index in [4.69, 9.17) is 16.6 Å². The monoisotopic (exact) mass is 661 g/mol. The molecule has 0 bridgehead atoms. The predicted molar refractivity (Wildman–Crippen MR) is 154 cm³/mol. The van der Waals surface area contributed by atoms with Gasteiger partial charge in [-0.15, -0.1) is 0 Å². The van der Waals surface area contributed by atoms with E-state index in [-0.39, 0.29) is 23.7 Å². The lowest BCUT2D eigenvalue weighted by atomic mass is 9.74. The minimum absolute atomic E-state index is 0.00658. The number of carbonyl (C=O) groups is 2. The van der Waals surface area contributed by atoms with Crippen LogP contribution in [0, 0.1) is 5.92 Å². The third-order valence-electron chi connectivity index (χ3n) is 7.69. The highest BCUT2D eigenvalue weighted by Crippen LogP contribution is 2.47. The maximum absolute atomic E-state index is 13.4. The van der Waals surface area contributed by atoms with Gasteiger partial charge in [-0.2, -0.15) is 0 Å². The summed E-state index contributed by atoms with van der Waals surface area (Å²) in [5.41, 5.74) is 4.66. The standard InChI is InChI=1S/C28H30Br2ClN5O2/c1-17(37)36-9-5-19(13-24(36)28(38)33-6-2-8-35-10-7-32-16-35)26-25-18(12-22(31)14-23(25)30)3-4-20-11-21(29)15-34-27(20)26/h7,10-12,14-16,19,24,26H,2-6,8-9,13H2,1H3,(H,33,38)/t19-,24?,26-/m1/s1. The molecule has 0 saturated carbocycles. The van der Waals surface area contributed by atoms with Crippen LogP contribution in [-0.4, -0.2) is 50.4 Å². The van der Waals surface area contributed by atoms with Crippen molar-refractivity contribution in [2.24, 2.45) is 5.92 Å². The third kappa shape index (κ3) is 5.84. The van der Waals surface area contributed by atoms with Crippen molar-refractivity contribution in [3.05, 3.63) is 79.5 Å². The second kappa shape index (κ2) is 11.9. The average molecular weight is 664 g/mol. The molecule has 1 aliphatic heterocycles. The van der Waals surface area contributed by atoms with Crippen LogP contribution in [0.5, 0.6) is 0 Å². The maximum Gasteiger partial charge on any atom is 0.242 e. The summed E-state index contributed by atoms with van der Waals surface area (Å²) in [6.45, 7) is 3.40. The number of pyridine rings is 1. The highest BCUT2D eigenvalue weighted by atomic mass is 79.9. The number of carbonyl (C=O) groups excluding carboxylic acids is 2. The molecule has 5 rings (SSSR count). The topological polar surface area (TPSA) is 80.1 Å². The molecule has 1 aromatic carbocycles. The minimum Gasteiger partial charge on any atom is -0.354 e. The molecule has 3 heterocycles. The molecule has 1 fully saturated rings. The predicted octanol–water partition coefficient (Wildman–Crippen LogP) is 5.52. The number of benzene rings is 1. The lowest BCUT2D eigenvalue weighted by molar-refractivity contribution is -0.141. The molecule has 10 heteroatoms. The van der Waals surface area contributed by atoms with Gasteiger partial charge in [0, 0.05) is 65.0 Å². The Morgan fingerprint density at radius 1 is 1.18 bits per heavy atom. The molecule has 1 aliphatic carbocycles. The van der Waals surface area contributed by atoms with Crippen LogP contribution < -0.4 is 5.32 Å². The molecule has 38 heavy (non-hydrogen) atoms. The van der Waals surface area contributed by atoms with E-state index >= 15 is 0 Å². The SMILES string of the molecule is CC(=O)N1CC[C@@H]([C@H]2c3ncc(Br)cc3CCc3cc(Cl)cc(Br)c32)CC1C(=O)NCCCn1ccnc1. The van der Waals surface area contributed by atoms with E-state index in [0.29, 0.717) is 24.5 Å². The Labute approximate surface area is 244 Å². The normalized spacial score (nSPS) is 20.8. The largest absolute Gasteiger partial charge is 0.354 e. The summed E-state index contributed by atoms with van der Waals surface area (Å²) in [6, 6.07) is 5.65. The molecular weight excluding hydrogens is 634 g/mol. The zero-order chi connectivity index (χ0) is 26.8. The van der Waals surface area contributed by atoms with Crippen LogP contribution in [0.3, 0.4) is 0 Å². The molecule has 200 valence electrons. The smallest absolute Gasteiger partial charge is 0.242 e. The fourth-order valence-electron chi connectivity index (χ4n) is 5.96. The van der Waals surface area contributed by atoms with E-state index < -0.39 is 6.04 Å². The second-order valence-electron chi connectivity index (χ2n) is 10.1. The molecular formula is C28H30Br2ClN5O2. The summed E-state index contributed by atoms with van der Waals surface area (Å²) in [5.74, 6) is -0.0378. The number of hydrogen-bond donors (Lipinski definition) is 1. The number of amides is 2. The lowest BCUT2D eigenvalue weighted by Crippen LogP contribution is -2.54. The highest BCUT2D eigenvalue weighted by Gasteiger charge is 2.41. The van der Waals surface area contributed by atoms with E-state index in [0.717, 1.165) is 46.9 Å². The first-order chi connectivity index (χ1) is 18.3. The van der Waals surface area contributed by atoms with Gasteiger partial charge >= 0.3 is 0 Å². The van der Waals surface area contributed by atoms with Crippen LogP contribution in [-0.2, 0) is 29.0 Å². The van der Waals surface area contributed by atoms with Gasteiger partial charge in [0.15, 0.2) is 0 Å². The van der Waals surface area contributed by atoms with Crippen LogP contribution in [0.1, 0.15) is 54.5 Å². The number of nitrogens with one attached hydrogen (secondary N) is 1. The minimum atomic E-state index is -0.517. The molecule has 1 unspecified atom stereocenters. The summed E-state index contributed by atoms with van der Waals surface area (Å²) < 4.78 is 3.91. The van der Waals surface area contributed by atoms with Crippen molar-refractivity contribution >= 4 is 55.3 Å². The van der Waals surface area contributed by atoms with E-state index in [2.05, 4.69) is 54.3 Å². The van der Waals surface area contributed by atoms with Crippen LogP contribution in [0.25, 0.3) is 0 Å². The molecule has 1 N–H and O–H groups in total. The van der Waals surface area contributed by atoms with Crippen molar-refractivity contribution < 1.29 is 9.59 Å². The number of halogens is 3. The highest BCUT2D eigenvalue weighted by molar-refractivity contribution is 9.10. The Hall–Kier alpha value is -2.23. The van der Waals surface area contributed by atoms with E-state index in [9.17, 15) is 9.59 Å². The quantitative estimate of drug-likeness (QED) is 0.353. The first-order valence-corrected chi connectivity index (χ1v) is 14.9. The van der Waals surface area contributed by atoms with Crippen molar-refractivity contribution in [1.82, 2.24) is 24.8 Å². The van der Waals surface area contributed by atoms with Crippen LogP contribution in [0.2, 0.25) is 5.02 Å². The van der Waals surface area contributed by atoms with Gasteiger partial charge in [0.05, 0.1) is 12.0 Å². The Kier molecular flexibility index (Phi) is 8.55. The van der Waals surface area contributed by atoms with Crippen molar-refractivity contribution in [3.8, 4) is 0 Å². The number of nitrogens with zero attached hydrogens (tertiary/aromatic N) is 4. The van der Waals surface area contributed by atoms with Gasteiger partial charge in [0.25, 0.3) is 0 Å². The summed E-state index contributed by atoms with van der Waals surface area (Å²) in [4.78, 5) is 36.7. The van der Waals surface area contributed by atoms with Gasteiger partial charge in [-0.1, -0.05) is 27.5 Å². The summed E-state index contributed by atoms with van der Waals surface area (Å²) >= 11 is 13.9. The number of piperidine rings is 1. The maximum atomic E-state index is 13.4. The van der Waals surface area contributed by atoms with Gasteiger partial charge in [0.2, 0.25) is 11.8 Å². The fourth-order valence-corrected chi connectivity index (χ4v) is 7.46. The van der Waals surface area contributed by atoms with Crippen molar-refractivity contribution in [1.29, 1.82) is 0 Å². The Bertz CT molecular complexity index is 1330. The van der Waals surface area contributed by atoms with Crippen LogP contribution in [0.15, 0.2) is 52.1 Å². The average Bonchev–Trinajstić information content (AvgIpc) is 3.35. The zero-order valence-corrected chi connectivity index (χ0v) is 25.1. The summed E-state index contributed by atoms with van der Waals surface area (Å²) in [7, 11) is 0. The molecule has 2 amide bonds.